The van der Waals surface area contributed by atoms with Gasteiger partial charge in [0.2, 0.25) is 0 Å². The lowest BCUT2D eigenvalue weighted by atomic mass is 9.74. The molecule has 2 heterocycles. The zero-order chi connectivity index (χ0) is 21.0. The second kappa shape index (κ2) is 9.96. The number of rotatable bonds is 7. The molecule has 3 atom stereocenters. The Morgan fingerprint density at radius 2 is 2.00 bits per heavy atom. The first-order chi connectivity index (χ1) is 14.6. The fraction of sp³-hybridized carbons (Fsp3) is 0.708. The summed E-state index contributed by atoms with van der Waals surface area (Å²) in [6, 6.07) is 0.507. The fourth-order valence-electron chi connectivity index (χ4n) is 5.80. The first-order valence-corrected chi connectivity index (χ1v) is 14.3. The molecule has 2 saturated carbocycles. The van der Waals surface area contributed by atoms with Gasteiger partial charge >= 0.3 is 0 Å². The maximum atomic E-state index is 13.3. The Morgan fingerprint density at radius 3 is 2.70 bits per heavy atom. The van der Waals surface area contributed by atoms with Crippen molar-refractivity contribution in [3.8, 4) is 0 Å². The van der Waals surface area contributed by atoms with Crippen molar-refractivity contribution < 1.29 is 4.79 Å². The molecule has 2 fully saturated rings. The van der Waals surface area contributed by atoms with Crippen molar-refractivity contribution in [2.24, 2.45) is 22.6 Å². The molecule has 1 amide bonds. The summed E-state index contributed by atoms with van der Waals surface area (Å²) in [4.78, 5) is 19.7. The van der Waals surface area contributed by atoms with Crippen LogP contribution < -0.4 is 11.1 Å². The van der Waals surface area contributed by atoms with E-state index in [4.69, 9.17) is 10.7 Å². The largest absolute Gasteiger partial charge is 0.382 e. The molecule has 0 aromatic heterocycles. The second-order valence-corrected chi connectivity index (χ2v) is 11.7. The van der Waals surface area contributed by atoms with Gasteiger partial charge in [0.15, 0.2) is 5.96 Å². The number of amides is 1. The SMILES string of the molecule is CN1C(=O)[C@@](CCC2CCCCC2)(CC2CCC[C@@H](NC3=CI=CC=C3)C2)N=C1N. The van der Waals surface area contributed by atoms with Crippen LogP contribution in [0.4, 0.5) is 0 Å². The number of nitrogens with two attached hydrogens (primary N) is 1. The Balaban J connectivity index is 1.42. The zero-order valence-corrected chi connectivity index (χ0v) is 20.4. The molecule has 3 N–H and O–H groups in total. The van der Waals surface area contributed by atoms with E-state index in [0.717, 1.165) is 31.6 Å². The highest BCUT2D eigenvalue weighted by molar-refractivity contribution is 14.2. The predicted octanol–water partition coefficient (Wildman–Crippen LogP) is 4.60. The molecule has 5 nitrogen and oxygen atoms in total. The smallest absolute Gasteiger partial charge is 0.257 e. The van der Waals surface area contributed by atoms with Crippen molar-refractivity contribution in [2.75, 3.05) is 7.05 Å². The summed E-state index contributed by atoms with van der Waals surface area (Å²) >= 11 is 0.0675. The average Bonchev–Trinajstić information content (AvgIpc) is 2.98. The van der Waals surface area contributed by atoms with Crippen molar-refractivity contribution in [3.63, 3.8) is 0 Å². The molecule has 2 aliphatic heterocycles. The van der Waals surface area contributed by atoms with Gasteiger partial charge in [-0.1, -0.05) is 71.8 Å². The Kier molecular flexibility index (Phi) is 7.32. The summed E-state index contributed by atoms with van der Waals surface area (Å²) in [6.45, 7) is 0. The fourth-order valence-corrected chi connectivity index (χ4v) is 7.23. The third-order valence-corrected chi connectivity index (χ3v) is 9.31. The Hall–Kier alpha value is -1.18. The van der Waals surface area contributed by atoms with Crippen LogP contribution in [0.5, 0.6) is 0 Å². The van der Waals surface area contributed by atoms with Gasteiger partial charge in [-0.25, -0.2) is 4.99 Å². The predicted molar refractivity (Wildman–Crippen MR) is 134 cm³/mol. The van der Waals surface area contributed by atoms with Gasteiger partial charge in [0, 0.05) is 18.8 Å². The van der Waals surface area contributed by atoms with E-state index in [1.165, 1.54) is 57.1 Å². The minimum atomic E-state index is -0.618. The van der Waals surface area contributed by atoms with Crippen LogP contribution in [-0.2, 0) is 4.79 Å². The molecule has 0 saturated heterocycles. The number of guanidine groups is 1. The van der Waals surface area contributed by atoms with Gasteiger partial charge in [-0.2, -0.15) is 0 Å². The molecule has 0 aromatic rings. The summed E-state index contributed by atoms with van der Waals surface area (Å²) < 4.78 is 4.66. The van der Waals surface area contributed by atoms with Gasteiger partial charge in [-0.05, 0) is 58.1 Å². The third-order valence-electron chi connectivity index (χ3n) is 7.45. The van der Waals surface area contributed by atoms with Crippen LogP contribution in [0.2, 0.25) is 0 Å². The van der Waals surface area contributed by atoms with Gasteiger partial charge in [0.1, 0.15) is 5.54 Å². The second-order valence-electron chi connectivity index (χ2n) is 9.66. The van der Waals surface area contributed by atoms with E-state index in [0.29, 0.717) is 17.9 Å². The van der Waals surface area contributed by atoms with E-state index >= 15 is 0 Å². The number of hydrogen-bond donors (Lipinski definition) is 2. The van der Waals surface area contributed by atoms with Crippen molar-refractivity contribution in [2.45, 2.75) is 88.6 Å². The molecule has 6 heteroatoms. The number of halogens is 1. The van der Waals surface area contributed by atoms with Crippen LogP contribution in [0.1, 0.15) is 77.0 Å². The number of aliphatic imine (C=N–C) groups is 1. The highest BCUT2D eigenvalue weighted by Gasteiger charge is 2.48. The number of hydrogen-bond acceptors (Lipinski definition) is 4. The van der Waals surface area contributed by atoms with Crippen LogP contribution >= 0.6 is 20.7 Å². The molecule has 0 aromatic carbocycles. The van der Waals surface area contributed by atoms with Gasteiger partial charge < -0.3 is 11.1 Å². The summed E-state index contributed by atoms with van der Waals surface area (Å²) in [5, 5.41) is 3.76. The van der Waals surface area contributed by atoms with Gasteiger partial charge in [0.05, 0.1) is 0 Å². The van der Waals surface area contributed by atoms with Gasteiger partial charge in [-0.3, -0.25) is 9.69 Å². The maximum absolute atomic E-state index is 13.3. The van der Waals surface area contributed by atoms with Crippen LogP contribution in [0.3, 0.4) is 0 Å². The summed E-state index contributed by atoms with van der Waals surface area (Å²) in [6.07, 6.45) is 18.7. The highest BCUT2D eigenvalue weighted by Crippen LogP contribution is 2.40. The number of carbonyl (C=O) groups is 1. The molecular weight excluding hydrogens is 487 g/mol. The first kappa shape index (κ1) is 22.0. The van der Waals surface area contributed by atoms with Crippen molar-refractivity contribution >= 4 is 36.6 Å². The quantitative estimate of drug-likeness (QED) is 0.479. The van der Waals surface area contributed by atoms with E-state index < -0.39 is 5.54 Å². The van der Waals surface area contributed by atoms with E-state index in [1.54, 1.807) is 11.9 Å². The van der Waals surface area contributed by atoms with Crippen molar-refractivity contribution in [3.05, 3.63) is 21.9 Å². The summed E-state index contributed by atoms with van der Waals surface area (Å²) in [5.41, 5.74) is 6.81. The first-order valence-electron chi connectivity index (χ1n) is 11.8. The Morgan fingerprint density at radius 1 is 1.20 bits per heavy atom. The topological polar surface area (TPSA) is 70.7 Å². The Labute approximate surface area is 191 Å². The molecule has 0 bridgehead atoms. The van der Waals surface area contributed by atoms with Gasteiger partial charge in [0.25, 0.3) is 5.91 Å². The van der Waals surface area contributed by atoms with E-state index in [9.17, 15) is 4.79 Å². The summed E-state index contributed by atoms with van der Waals surface area (Å²) in [7, 11) is 1.79. The molecule has 4 rings (SSSR count). The van der Waals surface area contributed by atoms with Crippen LogP contribution in [0.25, 0.3) is 0 Å². The number of nitrogens with one attached hydrogen (secondary N) is 1. The van der Waals surface area contributed by atoms with E-state index in [2.05, 4.69) is 25.6 Å². The molecule has 4 aliphatic rings. The molecule has 1 unspecified atom stereocenters. The molecular formula is C24H37IN4O. The van der Waals surface area contributed by atoms with Crippen molar-refractivity contribution in [1.82, 2.24) is 10.2 Å². The minimum absolute atomic E-state index is 0.0675. The minimum Gasteiger partial charge on any atom is -0.382 e. The number of nitrogens with zero attached hydrogens (tertiary/aromatic N) is 2. The van der Waals surface area contributed by atoms with Gasteiger partial charge in [-0.15, -0.1) is 0 Å². The number of allylic oxidation sites excluding steroid dienone is 2. The lowest BCUT2D eigenvalue weighted by molar-refractivity contribution is -0.131. The molecule has 0 spiro atoms. The number of likely N-dealkylation sites (N-methyl/N-ethyl adjacent to an activating group) is 1. The molecule has 30 heavy (non-hydrogen) atoms. The molecule has 2 aliphatic carbocycles. The highest BCUT2D eigenvalue weighted by atomic mass is 127. The van der Waals surface area contributed by atoms with Crippen molar-refractivity contribution in [1.29, 1.82) is 0 Å². The van der Waals surface area contributed by atoms with Crippen LogP contribution in [0, 0.1) is 11.8 Å². The molecule has 0 radical (unpaired) electrons. The lowest BCUT2D eigenvalue weighted by Gasteiger charge is -2.36. The standard InChI is InChI=1S/C24H37IN4O/c1-29-22(30)24(28-23(29)26,13-12-18-7-3-2-4-8-18)16-19-9-5-10-20(15-19)27-21-11-6-14-25-17-21/h6,11,14,17-20,27H,2-5,7-10,12-13,15-16H2,1H3,(H2,26,28)/t19?,20-,24-/m1/s1. The normalized spacial score (nSPS) is 32.6. The number of carbonyl (C=O) groups excluding carboxylic acids is 1. The summed E-state index contributed by atoms with van der Waals surface area (Å²) in [5.74, 6) is 1.83. The maximum Gasteiger partial charge on any atom is 0.257 e. The van der Waals surface area contributed by atoms with E-state index in [-0.39, 0.29) is 26.6 Å². The average molecular weight is 524 g/mol. The lowest BCUT2D eigenvalue weighted by Crippen LogP contribution is -2.44. The molecule has 166 valence electrons. The van der Waals surface area contributed by atoms with E-state index in [1.807, 2.05) is 0 Å². The van der Waals surface area contributed by atoms with Crippen LogP contribution in [-0.4, -0.2) is 39.4 Å². The van der Waals surface area contributed by atoms with Crippen LogP contribution in [0.15, 0.2) is 26.9 Å². The Bertz CT molecular complexity index is 752. The monoisotopic (exact) mass is 524 g/mol. The zero-order valence-electron chi connectivity index (χ0n) is 18.3. The third kappa shape index (κ3) is 5.17.